The number of benzene rings is 4. The van der Waals surface area contributed by atoms with Crippen LogP contribution in [0.4, 0.5) is 0 Å². The standard InChI is InChI=1S/C56H56N4O6/c1-3-5-7-9-29-55(65)53-51(37-17-13-21-41(63)33-37)47-27-25-45(58-47)49(35-15-11-19-39(61)31-35)43-23-24-44(57-43)50(36-16-12-20-40(62)32-36)46-26-28-48(59-46)52(38-18-14-22-42(64)34-38)54(60-53)56(55,66)30-10-8-6-4-2/h11-28,31-34,58-59,61-66H,3-10,29-30H2,1-2H3/t55-,56?/m0/s1. The van der Waals surface area contributed by atoms with Gasteiger partial charge in [-0.05, 0) is 120 Å². The Bertz CT molecular complexity index is 2930. The molecule has 4 aromatic carbocycles. The number of unbranched alkanes of at least 4 members (excludes halogenated alkanes) is 6. The van der Waals surface area contributed by atoms with Crippen molar-refractivity contribution in [1.82, 2.24) is 19.9 Å². The number of phenols is 4. The first-order chi connectivity index (χ1) is 32.0. The van der Waals surface area contributed by atoms with Gasteiger partial charge in [0.2, 0.25) is 0 Å². The van der Waals surface area contributed by atoms with Gasteiger partial charge in [0.05, 0.1) is 22.8 Å². The number of nitrogens with zero attached hydrogens (tertiary/aromatic N) is 2. The number of nitrogens with one attached hydrogen (secondary N) is 2. The first-order valence-electron chi connectivity index (χ1n) is 23.1. The number of hydrogen-bond acceptors (Lipinski definition) is 8. The summed E-state index contributed by atoms with van der Waals surface area (Å²) in [4.78, 5) is 18.1. The maximum Gasteiger partial charge on any atom is 0.141 e. The molecule has 336 valence electrons. The van der Waals surface area contributed by atoms with Crippen LogP contribution in [0.5, 0.6) is 23.0 Å². The molecule has 0 saturated carbocycles. The Morgan fingerprint density at radius 3 is 1.08 bits per heavy atom. The predicted octanol–water partition coefficient (Wildman–Crippen LogP) is 13.0. The highest BCUT2D eigenvalue weighted by Crippen LogP contribution is 2.55. The van der Waals surface area contributed by atoms with Gasteiger partial charge in [0, 0.05) is 44.3 Å². The van der Waals surface area contributed by atoms with E-state index in [1.54, 1.807) is 72.8 Å². The minimum absolute atomic E-state index is 0.0216. The van der Waals surface area contributed by atoms with Crippen molar-refractivity contribution in [3.05, 3.63) is 144 Å². The molecule has 2 aliphatic heterocycles. The molecule has 10 heteroatoms. The van der Waals surface area contributed by atoms with E-state index in [1.807, 2.05) is 60.7 Å². The Balaban J connectivity index is 1.53. The third kappa shape index (κ3) is 8.23. The largest absolute Gasteiger partial charge is 0.508 e. The first-order valence-corrected chi connectivity index (χ1v) is 23.1. The van der Waals surface area contributed by atoms with E-state index in [4.69, 9.17) is 9.97 Å². The van der Waals surface area contributed by atoms with E-state index in [-0.39, 0.29) is 47.2 Å². The number of aromatic nitrogens is 4. The van der Waals surface area contributed by atoms with Crippen LogP contribution in [0.2, 0.25) is 0 Å². The molecule has 5 heterocycles. The van der Waals surface area contributed by atoms with Crippen LogP contribution < -0.4 is 0 Å². The van der Waals surface area contributed by atoms with Crippen LogP contribution in [0.25, 0.3) is 78.7 Å². The number of aromatic amines is 2. The fraction of sp³-hybridized carbons (Fsp3) is 0.250. The second-order valence-corrected chi connectivity index (χ2v) is 17.6. The third-order valence-corrected chi connectivity index (χ3v) is 13.1. The summed E-state index contributed by atoms with van der Waals surface area (Å²) < 4.78 is 0. The van der Waals surface area contributed by atoms with E-state index < -0.39 is 11.2 Å². The smallest absolute Gasteiger partial charge is 0.141 e. The van der Waals surface area contributed by atoms with E-state index in [0.717, 1.165) is 38.5 Å². The Hall–Kier alpha value is -7.14. The molecule has 8 N–H and O–H groups in total. The van der Waals surface area contributed by atoms with Crippen molar-refractivity contribution < 1.29 is 30.6 Å². The maximum atomic E-state index is 13.9. The second-order valence-electron chi connectivity index (χ2n) is 17.6. The van der Waals surface area contributed by atoms with Gasteiger partial charge in [-0.15, -0.1) is 0 Å². The first kappa shape index (κ1) is 44.1. The summed E-state index contributed by atoms with van der Waals surface area (Å²) in [6.45, 7) is 4.28. The number of H-pyrrole nitrogens is 2. The minimum Gasteiger partial charge on any atom is -0.508 e. The Kier molecular flexibility index (Phi) is 12.3. The molecule has 0 fully saturated rings. The zero-order valence-electron chi connectivity index (χ0n) is 37.4. The number of aliphatic hydroxyl groups is 2. The maximum absolute atomic E-state index is 13.9. The predicted molar refractivity (Wildman–Crippen MR) is 264 cm³/mol. The highest BCUT2D eigenvalue weighted by molar-refractivity contribution is 5.98. The summed E-state index contributed by atoms with van der Waals surface area (Å²) in [5.74, 6) is 0.205. The average Bonchev–Trinajstić information content (AvgIpc) is 4.12. The van der Waals surface area contributed by atoms with Crippen molar-refractivity contribution in [2.75, 3.05) is 0 Å². The zero-order chi connectivity index (χ0) is 46.0. The lowest BCUT2D eigenvalue weighted by molar-refractivity contribution is -0.167. The lowest BCUT2D eigenvalue weighted by atomic mass is 9.71. The van der Waals surface area contributed by atoms with Gasteiger partial charge in [-0.2, -0.15) is 0 Å². The second kappa shape index (κ2) is 18.4. The molecule has 0 spiro atoms. The van der Waals surface area contributed by atoms with Crippen molar-refractivity contribution in [1.29, 1.82) is 0 Å². The molecule has 9 rings (SSSR count). The monoisotopic (exact) mass is 880 g/mol. The van der Waals surface area contributed by atoms with Crippen LogP contribution in [0, 0.1) is 0 Å². The molecule has 0 aliphatic carbocycles. The molecule has 0 amide bonds. The van der Waals surface area contributed by atoms with Crippen LogP contribution >= 0.6 is 0 Å². The lowest BCUT2D eigenvalue weighted by Crippen LogP contribution is -2.46. The van der Waals surface area contributed by atoms with E-state index in [9.17, 15) is 30.6 Å². The molecule has 1 unspecified atom stereocenters. The molecule has 10 nitrogen and oxygen atoms in total. The summed E-state index contributed by atoms with van der Waals surface area (Å²) in [6, 6.07) is 35.4. The van der Waals surface area contributed by atoms with Crippen molar-refractivity contribution in [3.63, 3.8) is 0 Å². The van der Waals surface area contributed by atoms with Gasteiger partial charge in [0.15, 0.2) is 0 Å². The summed E-state index contributed by atoms with van der Waals surface area (Å²) >= 11 is 0. The number of aromatic hydroxyl groups is 4. The highest BCUT2D eigenvalue weighted by atomic mass is 16.4. The van der Waals surface area contributed by atoms with Crippen LogP contribution in [-0.2, 0) is 11.2 Å². The van der Waals surface area contributed by atoms with Crippen LogP contribution in [0.1, 0.15) is 101 Å². The van der Waals surface area contributed by atoms with Crippen molar-refractivity contribution in [3.8, 4) is 67.5 Å². The lowest BCUT2D eigenvalue weighted by Gasteiger charge is -2.40. The molecule has 8 bridgehead atoms. The van der Waals surface area contributed by atoms with Gasteiger partial charge in [-0.1, -0.05) is 114 Å². The number of fused-ring (bicyclic) bond motifs is 8. The van der Waals surface area contributed by atoms with Crippen molar-refractivity contribution in [2.24, 2.45) is 0 Å². The minimum atomic E-state index is -1.95. The number of rotatable bonds is 14. The molecule has 3 aromatic heterocycles. The molecule has 2 atom stereocenters. The van der Waals surface area contributed by atoms with Crippen LogP contribution in [-0.4, -0.2) is 50.6 Å². The van der Waals surface area contributed by atoms with Crippen molar-refractivity contribution in [2.45, 2.75) is 89.3 Å². The van der Waals surface area contributed by atoms with Crippen LogP contribution in [0.15, 0.2) is 121 Å². The van der Waals surface area contributed by atoms with E-state index in [1.165, 1.54) is 0 Å². The Morgan fingerprint density at radius 2 is 0.742 bits per heavy atom. The fourth-order valence-corrected chi connectivity index (χ4v) is 9.86. The summed E-state index contributed by atoms with van der Waals surface area (Å²) in [5.41, 5.74) is 5.19. The van der Waals surface area contributed by atoms with Gasteiger partial charge in [-0.3, -0.25) is 0 Å². The Labute approximate surface area is 384 Å². The summed E-state index contributed by atoms with van der Waals surface area (Å²) in [7, 11) is 0. The molecule has 0 saturated heterocycles. The quantitative estimate of drug-likeness (QED) is 0.0497. The molecular formula is C56H56N4O6. The van der Waals surface area contributed by atoms with Gasteiger partial charge in [-0.25, -0.2) is 9.97 Å². The zero-order valence-corrected chi connectivity index (χ0v) is 37.4. The van der Waals surface area contributed by atoms with Gasteiger partial charge >= 0.3 is 0 Å². The molecule has 0 radical (unpaired) electrons. The van der Waals surface area contributed by atoms with Crippen LogP contribution in [0.3, 0.4) is 0 Å². The summed E-state index contributed by atoms with van der Waals surface area (Å²) in [5, 5.41) is 71.6. The van der Waals surface area contributed by atoms with Gasteiger partial charge in [0.1, 0.15) is 34.2 Å². The van der Waals surface area contributed by atoms with Crippen molar-refractivity contribution >= 4 is 34.2 Å². The molecular weight excluding hydrogens is 825 g/mol. The highest BCUT2D eigenvalue weighted by Gasteiger charge is 2.58. The molecule has 66 heavy (non-hydrogen) atoms. The molecule has 7 aromatic rings. The van der Waals surface area contributed by atoms with Gasteiger partial charge in [0.25, 0.3) is 0 Å². The normalized spacial score (nSPS) is 16.8. The fourth-order valence-electron chi connectivity index (χ4n) is 9.86. The van der Waals surface area contributed by atoms with E-state index in [2.05, 4.69) is 23.8 Å². The Morgan fingerprint density at radius 1 is 0.409 bits per heavy atom. The summed E-state index contributed by atoms with van der Waals surface area (Å²) in [6.07, 6.45) is 11.0. The van der Waals surface area contributed by atoms with E-state index in [0.29, 0.717) is 90.8 Å². The topological polar surface area (TPSA) is 179 Å². The average molecular weight is 881 g/mol. The van der Waals surface area contributed by atoms with E-state index >= 15 is 0 Å². The SMILES string of the molecule is CCCCCCC1(O)c2nc(c(-c3cccc(O)c3)c3ccc([nH]3)c(-c3cccc(O)c3)c3nc(c(-c4cccc(O)c4)c4ccc([nH]4)c2-c2cccc(O)c2)C=C3)[C@@]1(O)CCCCCC. The van der Waals surface area contributed by atoms with Gasteiger partial charge < -0.3 is 40.6 Å². The number of phenolic OH excluding ortho intramolecular Hbond substituents is 4. The third-order valence-electron chi connectivity index (χ3n) is 13.1. The number of hydrogen-bond donors (Lipinski definition) is 8. The molecule has 2 aliphatic rings.